The van der Waals surface area contributed by atoms with E-state index in [1.165, 1.54) is 11.1 Å². The lowest BCUT2D eigenvalue weighted by Gasteiger charge is -2.24. The van der Waals surface area contributed by atoms with Gasteiger partial charge in [-0.25, -0.2) is 4.98 Å². The van der Waals surface area contributed by atoms with E-state index < -0.39 is 0 Å². The molecule has 6 heteroatoms. The largest absolute Gasteiger partial charge is 0.302 e. The van der Waals surface area contributed by atoms with Crippen molar-refractivity contribution in [2.45, 2.75) is 27.7 Å². The number of halogens is 1. The van der Waals surface area contributed by atoms with Crippen LogP contribution < -0.4 is 4.90 Å². The van der Waals surface area contributed by atoms with Crippen molar-refractivity contribution in [3.8, 4) is 0 Å². The van der Waals surface area contributed by atoms with Crippen molar-refractivity contribution in [2.75, 3.05) is 31.1 Å². The molecule has 0 saturated carbocycles. The SMILES string of the molecule is CCN(CC)CCN(C(=O)c1ccc(Cl)cc1)c1nc2cc(C)c(C)cc2s1. The third-order valence-corrected chi connectivity index (χ3v) is 6.39. The molecular formula is C22H26ClN3OS. The number of thiazole rings is 1. The quantitative estimate of drug-likeness (QED) is 0.507. The first kappa shape index (κ1) is 20.8. The average molecular weight is 416 g/mol. The molecule has 0 aliphatic carbocycles. The molecule has 0 bridgehead atoms. The molecular weight excluding hydrogens is 390 g/mol. The molecule has 0 unspecified atom stereocenters. The third kappa shape index (κ3) is 4.54. The van der Waals surface area contributed by atoms with Gasteiger partial charge in [0.25, 0.3) is 5.91 Å². The Morgan fingerprint density at radius 2 is 1.68 bits per heavy atom. The van der Waals surface area contributed by atoms with Crippen LogP contribution in [0, 0.1) is 13.8 Å². The van der Waals surface area contributed by atoms with E-state index in [0.29, 0.717) is 17.1 Å². The summed E-state index contributed by atoms with van der Waals surface area (Å²) in [4.78, 5) is 22.2. The van der Waals surface area contributed by atoms with Crippen molar-refractivity contribution in [1.82, 2.24) is 9.88 Å². The standard InChI is InChI=1S/C22H26ClN3OS/c1-5-25(6-2)11-12-26(21(27)17-7-9-18(23)10-8-17)22-24-19-13-15(3)16(4)14-20(19)28-22/h7-10,13-14H,5-6,11-12H2,1-4H3. The first-order chi connectivity index (χ1) is 13.4. The van der Waals surface area contributed by atoms with Gasteiger partial charge in [-0.1, -0.05) is 36.8 Å². The van der Waals surface area contributed by atoms with Crippen LogP contribution in [0.25, 0.3) is 10.2 Å². The van der Waals surface area contributed by atoms with Gasteiger partial charge < -0.3 is 4.90 Å². The van der Waals surface area contributed by atoms with Crippen LogP contribution in [0.2, 0.25) is 5.02 Å². The molecule has 1 heterocycles. The molecule has 3 aromatic rings. The lowest BCUT2D eigenvalue weighted by molar-refractivity contribution is 0.0984. The van der Waals surface area contributed by atoms with E-state index in [4.69, 9.17) is 16.6 Å². The first-order valence-electron chi connectivity index (χ1n) is 9.60. The summed E-state index contributed by atoms with van der Waals surface area (Å²) < 4.78 is 1.11. The van der Waals surface area contributed by atoms with Crippen LogP contribution in [-0.4, -0.2) is 42.0 Å². The van der Waals surface area contributed by atoms with Gasteiger partial charge in [0.05, 0.1) is 10.2 Å². The highest BCUT2D eigenvalue weighted by molar-refractivity contribution is 7.22. The summed E-state index contributed by atoms with van der Waals surface area (Å²) in [5.74, 6) is -0.0451. The van der Waals surface area contributed by atoms with E-state index in [1.54, 1.807) is 40.5 Å². The van der Waals surface area contributed by atoms with E-state index in [9.17, 15) is 4.79 Å². The fourth-order valence-corrected chi connectivity index (χ4v) is 4.29. The number of carbonyl (C=O) groups excluding carboxylic acids is 1. The van der Waals surface area contributed by atoms with E-state index in [2.05, 4.69) is 44.7 Å². The molecule has 0 N–H and O–H groups in total. The smallest absolute Gasteiger partial charge is 0.260 e. The summed E-state index contributed by atoms with van der Waals surface area (Å²) in [6, 6.07) is 11.3. The fourth-order valence-electron chi connectivity index (χ4n) is 3.10. The summed E-state index contributed by atoms with van der Waals surface area (Å²) in [5.41, 5.74) is 4.01. The molecule has 0 spiro atoms. The third-order valence-electron chi connectivity index (χ3n) is 5.09. The molecule has 1 amide bonds. The Morgan fingerprint density at radius 3 is 2.32 bits per heavy atom. The number of aryl methyl sites for hydroxylation is 2. The number of likely N-dealkylation sites (N-methyl/N-ethyl adjacent to an activating group) is 1. The zero-order valence-electron chi connectivity index (χ0n) is 16.8. The van der Waals surface area contributed by atoms with Gasteiger partial charge in [0.2, 0.25) is 0 Å². The monoisotopic (exact) mass is 415 g/mol. The summed E-state index contributed by atoms with van der Waals surface area (Å²) >= 11 is 7.57. The summed E-state index contributed by atoms with van der Waals surface area (Å²) in [6.07, 6.45) is 0. The van der Waals surface area contributed by atoms with Crippen LogP contribution in [0.3, 0.4) is 0 Å². The number of hydrogen-bond acceptors (Lipinski definition) is 4. The predicted octanol–water partition coefficient (Wildman–Crippen LogP) is 5.56. The maximum absolute atomic E-state index is 13.3. The highest BCUT2D eigenvalue weighted by Gasteiger charge is 2.22. The number of rotatable bonds is 7. The molecule has 0 saturated heterocycles. The minimum atomic E-state index is -0.0451. The number of nitrogens with zero attached hydrogens (tertiary/aromatic N) is 3. The van der Waals surface area contributed by atoms with Crippen LogP contribution >= 0.6 is 22.9 Å². The molecule has 0 aliphatic rings. The number of anilines is 1. The van der Waals surface area contributed by atoms with Gasteiger partial charge in [-0.15, -0.1) is 0 Å². The summed E-state index contributed by atoms with van der Waals surface area (Å²) in [6.45, 7) is 11.8. The Bertz CT molecular complexity index is 925. The van der Waals surface area contributed by atoms with Crippen LogP contribution in [0.4, 0.5) is 5.13 Å². The Kier molecular flexibility index (Phi) is 6.70. The summed E-state index contributed by atoms with van der Waals surface area (Å²) in [5, 5.41) is 1.37. The Hall–Kier alpha value is -1.95. The van der Waals surface area contributed by atoms with Gasteiger partial charge in [0, 0.05) is 23.7 Å². The van der Waals surface area contributed by atoms with E-state index in [-0.39, 0.29) is 5.91 Å². The number of benzene rings is 2. The lowest BCUT2D eigenvalue weighted by Crippen LogP contribution is -2.38. The van der Waals surface area contributed by atoms with Gasteiger partial charge in [-0.05, 0) is 74.5 Å². The second kappa shape index (κ2) is 9.03. The number of fused-ring (bicyclic) bond motifs is 1. The molecule has 1 aromatic heterocycles. The van der Waals surface area contributed by atoms with Gasteiger partial charge in [-0.2, -0.15) is 0 Å². The number of aromatic nitrogens is 1. The zero-order chi connectivity index (χ0) is 20.3. The van der Waals surface area contributed by atoms with Crippen molar-refractivity contribution >= 4 is 44.2 Å². The topological polar surface area (TPSA) is 36.4 Å². The molecule has 28 heavy (non-hydrogen) atoms. The second-order valence-corrected chi connectivity index (χ2v) is 8.34. The molecule has 4 nitrogen and oxygen atoms in total. The van der Waals surface area contributed by atoms with Gasteiger partial charge in [0.15, 0.2) is 5.13 Å². The minimum absolute atomic E-state index is 0.0451. The molecule has 0 fully saturated rings. The maximum Gasteiger partial charge on any atom is 0.260 e. The van der Waals surface area contributed by atoms with Crippen molar-refractivity contribution in [2.24, 2.45) is 0 Å². The highest BCUT2D eigenvalue weighted by Crippen LogP contribution is 2.31. The van der Waals surface area contributed by atoms with Crippen LogP contribution in [0.1, 0.15) is 35.3 Å². The van der Waals surface area contributed by atoms with Crippen molar-refractivity contribution in [1.29, 1.82) is 0 Å². The fraction of sp³-hybridized carbons (Fsp3) is 0.364. The van der Waals surface area contributed by atoms with Crippen molar-refractivity contribution in [3.63, 3.8) is 0 Å². The Labute approximate surface area is 175 Å². The zero-order valence-corrected chi connectivity index (χ0v) is 18.4. The molecule has 0 atom stereocenters. The number of carbonyl (C=O) groups is 1. The lowest BCUT2D eigenvalue weighted by atomic mass is 10.1. The van der Waals surface area contributed by atoms with Gasteiger partial charge >= 0.3 is 0 Å². The normalized spacial score (nSPS) is 11.4. The maximum atomic E-state index is 13.3. The van der Waals surface area contributed by atoms with E-state index in [0.717, 1.165) is 35.0 Å². The van der Waals surface area contributed by atoms with E-state index >= 15 is 0 Å². The second-order valence-electron chi connectivity index (χ2n) is 6.89. The number of hydrogen-bond donors (Lipinski definition) is 0. The Balaban J connectivity index is 1.97. The predicted molar refractivity (Wildman–Crippen MR) is 120 cm³/mol. The van der Waals surface area contributed by atoms with Crippen molar-refractivity contribution < 1.29 is 4.79 Å². The Morgan fingerprint density at radius 1 is 1.04 bits per heavy atom. The highest BCUT2D eigenvalue weighted by atomic mass is 35.5. The van der Waals surface area contributed by atoms with Crippen LogP contribution in [-0.2, 0) is 0 Å². The molecule has 148 valence electrons. The molecule has 2 aromatic carbocycles. The average Bonchev–Trinajstić information content (AvgIpc) is 3.08. The van der Waals surface area contributed by atoms with Crippen LogP contribution in [0.15, 0.2) is 36.4 Å². The van der Waals surface area contributed by atoms with Gasteiger partial charge in [-0.3, -0.25) is 9.69 Å². The van der Waals surface area contributed by atoms with Gasteiger partial charge in [0.1, 0.15) is 0 Å². The van der Waals surface area contributed by atoms with Crippen molar-refractivity contribution in [3.05, 3.63) is 58.1 Å². The van der Waals surface area contributed by atoms with E-state index in [1.807, 2.05) is 0 Å². The van der Waals surface area contributed by atoms with Crippen LogP contribution in [0.5, 0.6) is 0 Å². The molecule has 3 rings (SSSR count). The minimum Gasteiger partial charge on any atom is -0.302 e. The molecule has 0 aliphatic heterocycles. The number of amides is 1. The first-order valence-corrected chi connectivity index (χ1v) is 10.8. The summed E-state index contributed by atoms with van der Waals surface area (Å²) in [7, 11) is 0. The molecule has 0 radical (unpaired) electrons.